The van der Waals surface area contributed by atoms with Gasteiger partial charge in [-0.3, -0.25) is 0 Å². The van der Waals surface area contributed by atoms with Gasteiger partial charge in [-0.15, -0.1) is 0 Å². The van der Waals surface area contributed by atoms with Crippen LogP contribution in [0.25, 0.3) is 0 Å². The predicted molar refractivity (Wildman–Crippen MR) is 64.5 cm³/mol. The predicted octanol–water partition coefficient (Wildman–Crippen LogP) is 1.82. The Bertz CT molecular complexity index is 149. The zero-order chi connectivity index (χ0) is 10.3. The van der Waals surface area contributed by atoms with Gasteiger partial charge in [0.25, 0.3) is 0 Å². The quantitative estimate of drug-likeness (QED) is 0.428. The van der Waals surface area contributed by atoms with Crippen LogP contribution in [0.5, 0.6) is 0 Å². The van der Waals surface area contributed by atoms with E-state index in [2.05, 4.69) is 19.6 Å². The van der Waals surface area contributed by atoms with Crippen molar-refractivity contribution in [2.75, 3.05) is 3.77 Å². The minimum atomic E-state index is -2.40. The molecular weight excluding hydrogens is 289 g/mol. The molecule has 0 heterocycles. The molecule has 13 heavy (non-hydrogen) atoms. The average Bonchev–Trinajstić information content (AvgIpc) is 2.13. The third kappa shape index (κ3) is 5.27. The summed E-state index contributed by atoms with van der Waals surface area (Å²) in [7, 11) is 0. The second-order valence-corrected chi connectivity index (χ2v) is 18.8. The van der Waals surface area contributed by atoms with Crippen molar-refractivity contribution >= 4 is 35.3 Å². The molecule has 0 aromatic carbocycles. The van der Waals surface area contributed by atoms with Crippen LogP contribution in [-0.4, -0.2) is 32.5 Å². The fourth-order valence-corrected chi connectivity index (χ4v) is 10.1. The molecular formula is C9H21NOSSn. The van der Waals surface area contributed by atoms with Crippen LogP contribution < -0.4 is 5.73 Å². The summed E-state index contributed by atoms with van der Waals surface area (Å²) in [4.78, 5) is 11.0. The molecule has 0 radical (unpaired) electrons. The van der Waals surface area contributed by atoms with Gasteiger partial charge >= 0.3 is 91.2 Å². The molecule has 2 unspecified atom stereocenters. The number of nitrogens with two attached hydrogens (primary N) is 1. The number of hydrogen-bond donors (Lipinski definition) is 2. The molecule has 0 aliphatic rings. The second kappa shape index (κ2) is 7.12. The van der Waals surface area contributed by atoms with Crippen LogP contribution in [-0.2, 0) is 4.79 Å². The molecule has 78 valence electrons. The summed E-state index contributed by atoms with van der Waals surface area (Å²) in [5.41, 5.74) is 5.66. The Kier molecular flexibility index (Phi) is 7.55. The molecule has 0 rings (SSSR count). The standard InChI is InChI=1S/C5H12N.C2H5.CHO.CH3S.Sn/c1-3-4-5(2)6;3*1-2;/h5H,1,3-4,6H2,2H3;1H2,2H3;1H;2H,1H2;. The van der Waals surface area contributed by atoms with E-state index in [1.54, 1.807) is 0 Å². The van der Waals surface area contributed by atoms with E-state index in [4.69, 9.17) is 5.73 Å². The Hall–Kier alpha value is 0.779. The number of hydrogen-bond acceptors (Lipinski definition) is 3. The summed E-state index contributed by atoms with van der Waals surface area (Å²) in [5.74, 6) is 0. The molecule has 0 bridgehead atoms. The first-order valence-electron chi connectivity index (χ1n) is 4.93. The molecule has 2 atom stereocenters. The average molecular weight is 310 g/mol. The Labute approximate surface area is 90.9 Å². The van der Waals surface area contributed by atoms with E-state index >= 15 is 0 Å². The summed E-state index contributed by atoms with van der Waals surface area (Å²) < 4.78 is 4.33. The van der Waals surface area contributed by atoms with Crippen molar-refractivity contribution in [2.45, 2.75) is 41.6 Å². The van der Waals surface area contributed by atoms with Gasteiger partial charge in [0.2, 0.25) is 0 Å². The van der Waals surface area contributed by atoms with Crippen molar-refractivity contribution in [3.63, 3.8) is 0 Å². The maximum absolute atomic E-state index is 11.0. The van der Waals surface area contributed by atoms with Crippen LogP contribution in [0.1, 0.15) is 26.7 Å². The van der Waals surface area contributed by atoms with Gasteiger partial charge in [0.1, 0.15) is 0 Å². The van der Waals surface area contributed by atoms with Crippen molar-refractivity contribution < 1.29 is 4.79 Å². The zero-order valence-corrected chi connectivity index (χ0v) is 12.4. The fourth-order valence-electron chi connectivity index (χ4n) is 1.32. The molecule has 0 fully saturated rings. The van der Waals surface area contributed by atoms with Crippen LogP contribution in [0, 0.1) is 0 Å². The SMILES string of the molecule is C[CH2][Sn]([CH]=O)([CH2]S)[CH2]CCC(C)N. The number of carbonyl (C=O) groups excluding carboxylic acids is 1. The molecule has 0 amide bonds. The normalized spacial score (nSPS) is 17.8. The minimum absolute atomic E-state index is 0.271. The fraction of sp³-hybridized carbons (Fsp3) is 0.889. The van der Waals surface area contributed by atoms with Crippen molar-refractivity contribution in [1.29, 1.82) is 0 Å². The first-order chi connectivity index (χ1) is 6.10. The van der Waals surface area contributed by atoms with Gasteiger partial charge in [0.15, 0.2) is 0 Å². The third-order valence-corrected chi connectivity index (χ3v) is 17.9. The van der Waals surface area contributed by atoms with Gasteiger partial charge in [0, 0.05) is 0 Å². The van der Waals surface area contributed by atoms with Gasteiger partial charge in [-0.25, -0.2) is 0 Å². The second-order valence-electron chi connectivity index (χ2n) is 3.86. The van der Waals surface area contributed by atoms with Crippen molar-refractivity contribution in [1.82, 2.24) is 0 Å². The molecule has 0 aliphatic heterocycles. The molecule has 0 aliphatic carbocycles. The molecule has 0 saturated carbocycles. The van der Waals surface area contributed by atoms with E-state index in [1.807, 2.05) is 6.92 Å². The summed E-state index contributed by atoms with van der Waals surface area (Å²) >= 11 is 1.92. The van der Waals surface area contributed by atoms with Crippen LogP contribution in [0.2, 0.25) is 8.87 Å². The van der Waals surface area contributed by atoms with Gasteiger partial charge < -0.3 is 0 Å². The topological polar surface area (TPSA) is 43.1 Å². The molecule has 4 heteroatoms. The van der Waals surface area contributed by atoms with Crippen molar-refractivity contribution in [3.8, 4) is 0 Å². The van der Waals surface area contributed by atoms with Gasteiger partial charge in [-0.2, -0.15) is 0 Å². The molecule has 2 nitrogen and oxygen atoms in total. The van der Waals surface area contributed by atoms with E-state index in [0.29, 0.717) is 0 Å². The van der Waals surface area contributed by atoms with Crippen LogP contribution in [0.15, 0.2) is 0 Å². The summed E-state index contributed by atoms with van der Waals surface area (Å²) in [5, 5.41) is 0. The van der Waals surface area contributed by atoms with Crippen LogP contribution >= 0.6 is 12.6 Å². The van der Waals surface area contributed by atoms with E-state index in [-0.39, 0.29) is 6.04 Å². The van der Waals surface area contributed by atoms with Crippen LogP contribution in [0.3, 0.4) is 0 Å². The van der Waals surface area contributed by atoms with E-state index < -0.39 is 18.4 Å². The first-order valence-corrected chi connectivity index (χ1v) is 13.3. The van der Waals surface area contributed by atoms with Crippen LogP contribution in [0.4, 0.5) is 0 Å². The summed E-state index contributed by atoms with van der Waals surface area (Å²) in [6.07, 6.45) is 2.15. The van der Waals surface area contributed by atoms with Gasteiger partial charge in [-0.05, 0) is 0 Å². The Balaban J connectivity index is 3.88. The Morgan fingerprint density at radius 3 is 2.54 bits per heavy atom. The molecule has 2 N–H and O–H groups in total. The first kappa shape index (κ1) is 13.8. The zero-order valence-electron chi connectivity index (χ0n) is 8.62. The van der Waals surface area contributed by atoms with E-state index in [0.717, 1.165) is 25.5 Å². The van der Waals surface area contributed by atoms with E-state index in [9.17, 15) is 4.79 Å². The van der Waals surface area contributed by atoms with Crippen molar-refractivity contribution in [3.05, 3.63) is 0 Å². The number of rotatable bonds is 7. The summed E-state index contributed by atoms with van der Waals surface area (Å²) in [6, 6.07) is 0.271. The van der Waals surface area contributed by atoms with Gasteiger partial charge in [0.05, 0.1) is 0 Å². The number of thiol groups is 1. The number of carbonyl (C=O) groups is 1. The monoisotopic (exact) mass is 311 g/mol. The van der Waals surface area contributed by atoms with E-state index in [1.165, 1.54) is 4.30 Å². The molecule has 0 saturated heterocycles. The van der Waals surface area contributed by atoms with Crippen molar-refractivity contribution in [2.24, 2.45) is 5.73 Å². The Morgan fingerprint density at radius 2 is 2.23 bits per heavy atom. The Morgan fingerprint density at radius 1 is 1.62 bits per heavy atom. The molecule has 0 aromatic rings. The molecule has 0 aromatic heterocycles. The molecule has 0 spiro atoms. The summed E-state index contributed by atoms with van der Waals surface area (Å²) in [6.45, 7) is 4.15. The third-order valence-electron chi connectivity index (χ3n) is 2.60. The van der Waals surface area contributed by atoms with Gasteiger partial charge in [-0.1, -0.05) is 0 Å². The maximum atomic E-state index is 11.0.